The molecule has 0 aromatic rings. The van der Waals surface area contributed by atoms with Crippen LogP contribution in [0.5, 0.6) is 0 Å². The minimum Gasteiger partial charge on any atom is -0.344 e. The van der Waals surface area contributed by atoms with Crippen LogP contribution in [0.4, 0.5) is 0 Å². The first kappa shape index (κ1) is 9.33. The molecule has 10 heavy (non-hydrogen) atoms. The highest BCUT2D eigenvalue weighted by Crippen LogP contribution is 2.03. The smallest absolute Gasteiger partial charge is 0.147 e. The summed E-state index contributed by atoms with van der Waals surface area (Å²) in [6, 6.07) is 0. The Morgan fingerprint density at radius 2 is 2.50 bits per heavy atom. The Labute approximate surface area is 62.8 Å². The number of nitrogens with zero attached hydrogens (tertiary/aromatic N) is 1. The molecular weight excluding hydrogens is 128 g/mol. The van der Waals surface area contributed by atoms with Crippen LogP contribution in [0.1, 0.15) is 7.85 Å². The van der Waals surface area contributed by atoms with Gasteiger partial charge in [0.15, 0.2) is 0 Å². The highest BCUT2D eigenvalue weighted by atomic mass is 16.1. The molecule has 0 fully saturated rings. The van der Waals surface area contributed by atoms with Gasteiger partial charge >= 0.3 is 0 Å². The van der Waals surface area contributed by atoms with Crippen LogP contribution in [-0.4, -0.2) is 31.3 Å². The molecule has 0 saturated carbocycles. The number of rotatable bonds is 1. The van der Waals surface area contributed by atoms with Crippen LogP contribution in [0.2, 0.25) is 0 Å². The molecule has 1 aliphatic heterocycles. The minimum atomic E-state index is 0. The van der Waals surface area contributed by atoms with E-state index in [2.05, 4.69) is 4.90 Å². The summed E-state index contributed by atoms with van der Waals surface area (Å²) in [5.41, 5.74) is 0.920. The molecule has 0 aliphatic carbocycles. The molecule has 0 unspecified atom stereocenters. The minimum absolute atomic E-state index is 0. The monoisotopic (exact) mass is 144 g/mol. The van der Waals surface area contributed by atoms with Crippen molar-refractivity contribution in [2.75, 3.05) is 20.1 Å². The van der Waals surface area contributed by atoms with Crippen LogP contribution in [0.3, 0.4) is 0 Å². The first-order chi connectivity index (χ1) is 4.33. The van der Waals surface area contributed by atoms with Crippen LogP contribution in [0.25, 0.3) is 0 Å². The van der Waals surface area contributed by atoms with E-state index in [0.717, 1.165) is 31.4 Å². The molecule has 1 rings (SSSR count). The molecule has 3 heteroatoms. The van der Waals surface area contributed by atoms with Crippen molar-refractivity contribution in [3.63, 3.8) is 0 Å². The van der Waals surface area contributed by atoms with Gasteiger partial charge in [0.1, 0.15) is 6.29 Å². The molecule has 1 heterocycles. The third kappa shape index (κ3) is 2.29. The van der Waals surface area contributed by atoms with E-state index in [9.17, 15) is 4.79 Å². The van der Waals surface area contributed by atoms with Crippen molar-refractivity contribution < 1.29 is 6.22 Å². The number of aldehydes is 1. The molecule has 0 atom stereocenters. The molecule has 0 radical (unpaired) electrons. The predicted molar refractivity (Wildman–Crippen MR) is 43.4 cm³/mol. The Balaban J connectivity index is 0. The standard InChI is InChI=1S/C7H11NO.H3N.H2/c1-8-4-2-3-7(5-8)6-9;;/h3,6H,2,4-5H2,1H3;1H3;1H. The molecular formula is C7H16N2O. The number of hydrogen-bond donors (Lipinski definition) is 1. The molecule has 0 spiro atoms. The summed E-state index contributed by atoms with van der Waals surface area (Å²) < 4.78 is 0. The van der Waals surface area contributed by atoms with E-state index < -0.39 is 0 Å². The van der Waals surface area contributed by atoms with E-state index in [1.54, 1.807) is 0 Å². The molecule has 0 saturated heterocycles. The number of carbonyl (C=O) groups excluding carboxylic acids is 1. The van der Waals surface area contributed by atoms with Gasteiger partial charge < -0.3 is 11.1 Å². The van der Waals surface area contributed by atoms with Gasteiger partial charge in [-0.15, -0.1) is 0 Å². The zero-order chi connectivity index (χ0) is 6.69. The van der Waals surface area contributed by atoms with Crippen molar-refractivity contribution in [2.24, 2.45) is 0 Å². The lowest BCUT2D eigenvalue weighted by Gasteiger charge is -2.19. The lowest BCUT2D eigenvalue weighted by Crippen LogP contribution is -2.25. The highest BCUT2D eigenvalue weighted by Gasteiger charge is 2.05. The quantitative estimate of drug-likeness (QED) is 0.555. The maximum atomic E-state index is 10.2. The molecule has 3 N–H and O–H groups in total. The van der Waals surface area contributed by atoms with Gasteiger partial charge in [-0.25, -0.2) is 0 Å². The Bertz CT molecular complexity index is 147. The van der Waals surface area contributed by atoms with E-state index in [1.807, 2.05) is 13.1 Å². The Morgan fingerprint density at radius 1 is 1.80 bits per heavy atom. The molecule has 3 nitrogen and oxygen atoms in total. The summed E-state index contributed by atoms with van der Waals surface area (Å²) >= 11 is 0. The van der Waals surface area contributed by atoms with Gasteiger partial charge in [-0.1, -0.05) is 6.08 Å². The molecule has 0 aromatic carbocycles. The lowest BCUT2D eigenvalue weighted by atomic mass is 10.1. The van der Waals surface area contributed by atoms with Gasteiger partial charge in [-0.05, 0) is 13.5 Å². The van der Waals surface area contributed by atoms with Crippen molar-refractivity contribution in [3.05, 3.63) is 11.6 Å². The van der Waals surface area contributed by atoms with E-state index in [4.69, 9.17) is 0 Å². The second-order valence-corrected chi connectivity index (χ2v) is 2.42. The van der Waals surface area contributed by atoms with Crippen molar-refractivity contribution in [1.29, 1.82) is 0 Å². The molecule has 1 aliphatic rings. The van der Waals surface area contributed by atoms with Crippen LogP contribution < -0.4 is 6.15 Å². The Hall–Kier alpha value is -0.670. The SMILES string of the molecule is CN1CCC=C(C=O)C1.N.[HH]. The summed E-state index contributed by atoms with van der Waals surface area (Å²) in [7, 11) is 2.02. The van der Waals surface area contributed by atoms with Gasteiger partial charge in [0.25, 0.3) is 0 Å². The normalized spacial score (nSPS) is 19.1. The van der Waals surface area contributed by atoms with Gasteiger partial charge in [0.2, 0.25) is 0 Å². The first-order valence-electron chi connectivity index (χ1n) is 3.15. The van der Waals surface area contributed by atoms with Crippen LogP contribution in [0.15, 0.2) is 11.6 Å². The number of likely N-dealkylation sites (N-methyl/N-ethyl adjacent to an activating group) is 1. The molecule has 0 aromatic heterocycles. The van der Waals surface area contributed by atoms with Gasteiger partial charge in [0, 0.05) is 20.1 Å². The zero-order valence-corrected chi connectivity index (χ0v) is 6.34. The van der Waals surface area contributed by atoms with Crippen LogP contribution in [0, 0.1) is 0 Å². The fourth-order valence-corrected chi connectivity index (χ4v) is 1.01. The zero-order valence-electron chi connectivity index (χ0n) is 6.34. The maximum Gasteiger partial charge on any atom is 0.147 e. The summed E-state index contributed by atoms with van der Waals surface area (Å²) in [4.78, 5) is 12.4. The maximum absolute atomic E-state index is 10.2. The molecule has 0 amide bonds. The molecule has 0 bridgehead atoms. The third-order valence-electron chi connectivity index (χ3n) is 1.52. The van der Waals surface area contributed by atoms with Gasteiger partial charge in [-0.3, -0.25) is 4.79 Å². The van der Waals surface area contributed by atoms with Gasteiger partial charge in [0.05, 0.1) is 0 Å². The highest BCUT2D eigenvalue weighted by molar-refractivity contribution is 5.73. The average Bonchev–Trinajstić information content (AvgIpc) is 1.88. The summed E-state index contributed by atoms with van der Waals surface area (Å²) in [5.74, 6) is 0. The topological polar surface area (TPSA) is 55.3 Å². The van der Waals surface area contributed by atoms with E-state index >= 15 is 0 Å². The Morgan fingerprint density at radius 3 is 2.90 bits per heavy atom. The lowest BCUT2D eigenvalue weighted by molar-refractivity contribution is -0.105. The first-order valence-corrected chi connectivity index (χ1v) is 3.15. The summed E-state index contributed by atoms with van der Waals surface area (Å²) in [6.45, 7) is 1.90. The van der Waals surface area contributed by atoms with Crippen LogP contribution in [-0.2, 0) is 4.79 Å². The van der Waals surface area contributed by atoms with Crippen molar-refractivity contribution in [3.8, 4) is 0 Å². The average molecular weight is 144 g/mol. The van der Waals surface area contributed by atoms with Crippen molar-refractivity contribution >= 4 is 6.29 Å². The van der Waals surface area contributed by atoms with Crippen molar-refractivity contribution in [1.82, 2.24) is 11.1 Å². The van der Waals surface area contributed by atoms with Gasteiger partial charge in [-0.2, -0.15) is 0 Å². The van der Waals surface area contributed by atoms with E-state index in [0.29, 0.717) is 0 Å². The second kappa shape index (κ2) is 4.19. The molecule has 60 valence electrons. The van der Waals surface area contributed by atoms with E-state index in [-0.39, 0.29) is 7.58 Å². The third-order valence-corrected chi connectivity index (χ3v) is 1.52. The summed E-state index contributed by atoms with van der Waals surface area (Å²) in [5, 5.41) is 0. The van der Waals surface area contributed by atoms with E-state index in [1.165, 1.54) is 0 Å². The fraction of sp³-hybridized carbons (Fsp3) is 0.571. The fourth-order valence-electron chi connectivity index (χ4n) is 1.01. The predicted octanol–water partition coefficient (Wildman–Crippen LogP) is 0.855. The second-order valence-electron chi connectivity index (χ2n) is 2.42. The number of hydrogen-bond acceptors (Lipinski definition) is 3. The Kier molecular flexibility index (Phi) is 3.91. The number of carbonyl (C=O) groups is 1. The van der Waals surface area contributed by atoms with Crippen LogP contribution >= 0.6 is 0 Å². The largest absolute Gasteiger partial charge is 0.344 e. The van der Waals surface area contributed by atoms with Crippen molar-refractivity contribution in [2.45, 2.75) is 6.42 Å². The summed E-state index contributed by atoms with van der Waals surface area (Å²) in [6.07, 6.45) is 3.97.